The van der Waals surface area contributed by atoms with Gasteiger partial charge in [-0.3, -0.25) is 0 Å². The lowest BCUT2D eigenvalue weighted by Gasteiger charge is -2.11. The number of hydrogen-bond acceptors (Lipinski definition) is 3. The number of carbonyl (C=O) groups excluding carboxylic acids is 1. The van der Waals surface area contributed by atoms with Crippen molar-refractivity contribution in [2.45, 2.75) is 13.5 Å². The Morgan fingerprint density at radius 3 is 2.59 bits per heavy atom. The maximum atomic E-state index is 14.0. The maximum absolute atomic E-state index is 14.0. The molecule has 3 nitrogen and oxygen atoms in total. The number of hydrogen-bond donors (Lipinski definition) is 0. The van der Waals surface area contributed by atoms with Crippen LogP contribution in [0.2, 0.25) is 5.02 Å². The van der Waals surface area contributed by atoms with Crippen LogP contribution in [-0.4, -0.2) is 13.1 Å². The van der Waals surface area contributed by atoms with Crippen LogP contribution < -0.4 is 4.74 Å². The fraction of sp³-hybridized carbons (Fsp3) is 0.136. The lowest BCUT2D eigenvalue weighted by atomic mass is 9.99. The Morgan fingerprint density at radius 2 is 1.89 bits per heavy atom. The van der Waals surface area contributed by atoms with Gasteiger partial charge in [-0.1, -0.05) is 35.9 Å². The molecule has 5 heteroatoms. The highest BCUT2D eigenvalue weighted by Crippen LogP contribution is 2.27. The van der Waals surface area contributed by atoms with E-state index in [1.807, 2.05) is 49.4 Å². The SMILES string of the molecule is COC(=O)c1ccc(OCc2cccc(-c3ccc(Cl)cc3C)c2)cc1F. The molecule has 0 N–H and O–H groups in total. The van der Waals surface area contributed by atoms with Crippen LogP contribution in [0.1, 0.15) is 21.5 Å². The van der Waals surface area contributed by atoms with Crippen LogP contribution in [-0.2, 0) is 11.3 Å². The molecule has 3 aromatic carbocycles. The first-order chi connectivity index (χ1) is 13.0. The zero-order chi connectivity index (χ0) is 19.4. The van der Waals surface area contributed by atoms with Gasteiger partial charge in [0, 0.05) is 11.1 Å². The van der Waals surface area contributed by atoms with E-state index in [0.29, 0.717) is 10.8 Å². The Kier molecular flexibility index (Phi) is 5.77. The highest BCUT2D eigenvalue weighted by Gasteiger charge is 2.13. The molecule has 3 rings (SSSR count). The zero-order valence-electron chi connectivity index (χ0n) is 15.0. The second-order valence-corrected chi connectivity index (χ2v) is 6.52. The first-order valence-electron chi connectivity index (χ1n) is 8.34. The molecule has 0 heterocycles. The highest BCUT2D eigenvalue weighted by molar-refractivity contribution is 6.30. The molecule has 0 unspecified atom stereocenters. The van der Waals surface area contributed by atoms with E-state index in [1.165, 1.54) is 19.2 Å². The van der Waals surface area contributed by atoms with Crippen molar-refractivity contribution >= 4 is 17.6 Å². The number of aryl methyl sites for hydroxylation is 1. The number of rotatable bonds is 5. The maximum Gasteiger partial charge on any atom is 0.340 e. The molecule has 138 valence electrons. The third kappa shape index (κ3) is 4.47. The predicted molar refractivity (Wildman–Crippen MR) is 104 cm³/mol. The molecule has 0 aliphatic rings. The zero-order valence-corrected chi connectivity index (χ0v) is 15.7. The minimum atomic E-state index is -0.718. The number of ether oxygens (including phenoxy) is 2. The summed E-state index contributed by atoms with van der Waals surface area (Å²) >= 11 is 6.03. The molecule has 27 heavy (non-hydrogen) atoms. The van der Waals surface area contributed by atoms with Crippen LogP contribution in [0.4, 0.5) is 4.39 Å². The molecular weight excluding hydrogens is 367 g/mol. The molecular formula is C22H18ClFO3. The highest BCUT2D eigenvalue weighted by atomic mass is 35.5. The second kappa shape index (κ2) is 8.23. The summed E-state index contributed by atoms with van der Waals surface area (Å²) in [5.74, 6) is -1.05. The van der Waals surface area contributed by atoms with Crippen LogP contribution in [0.3, 0.4) is 0 Å². The Bertz CT molecular complexity index is 985. The van der Waals surface area contributed by atoms with Gasteiger partial charge in [-0.25, -0.2) is 9.18 Å². The molecule has 0 bridgehead atoms. The van der Waals surface area contributed by atoms with E-state index in [1.54, 1.807) is 6.07 Å². The Labute approximate surface area is 162 Å². The molecule has 0 saturated heterocycles. The summed E-state index contributed by atoms with van der Waals surface area (Å²) in [6.07, 6.45) is 0. The predicted octanol–water partition coefficient (Wildman–Crippen LogP) is 5.82. The van der Waals surface area contributed by atoms with Crippen molar-refractivity contribution in [2.24, 2.45) is 0 Å². The number of benzene rings is 3. The fourth-order valence-corrected chi connectivity index (χ4v) is 3.03. The van der Waals surface area contributed by atoms with E-state index in [0.717, 1.165) is 22.3 Å². The molecule has 3 aromatic rings. The molecule has 0 fully saturated rings. The molecule has 0 aliphatic carbocycles. The summed E-state index contributed by atoms with van der Waals surface area (Å²) in [6, 6.07) is 17.8. The van der Waals surface area contributed by atoms with E-state index in [-0.39, 0.29) is 12.2 Å². The molecule has 0 amide bonds. The summed E-state index contributed by atoms with van der Waals surface area (Å²) in [7, 11) is 1.21. The van der Waals surface area contributed by atoms with Crippen molar-refractivity contribution in [3.8, 4) is 16.9 Å². The number of halogens is 2. The largest absolute Gasteiger partial charge is 0.489 e. The van der Waals surface area contributed by atoms with E-state index >= 15 is 0 Å². The fourth-order valence-electron chi connectivity index (χ4n) is 2.81. The van der Waals surface area contributed by atoms with Gasteiger partial charge in [0.1, 0.15) is 18.2 Å². The molecule has 0 spiro atoms. The minimum Gasteiger partial charge on any atom is -0.489 e. The van der Waals surface area contributed by atoms with Gasteiger partial charge in [0.05, 0.1) is 12.7 Å². The standard InChI is InChI=1S/C22H18ClFO3/c1-14-10-17(23)6-8-19(14)16-5-3-4-15(11-16)13-27-18-7-9-20(21(24)12-18)22(25)26-2/h3-12H,13H2,1-2H3. The quantitative estimate of drug-likeness (QED) is 0.520. The van der Waals surface area contributed by atoms with Crippen LogP contribution in [0.15, 0.2) is 60.7 Å². The molecule has 0 aliphatic heterocycles. The summed E-state index contributed by atoms with van der Waals surface area (Å²) in [5, 5.41) is 0.702. The summed E-state index contributed by atoms with van der Waals surface area (Å²) in [5.41, 5.74) is 4.05. The number of carbonyl (C=O) groups is 1. The van der Waals surface area contributed by atoms with E-state index < -0.39 is 11.8 Å². The van der Waals surface area contributed by atoms with Gasteiger partial charge >= 0.3 is 5.97 Å². The van der Waals surface area contributed by atoms with Crippen LogP contribution >= 0.6 is 11.6 Å². The van der Waals surface area contributed by atoms with Gasteiger partial charge in [-0.2, -0.15) is 0 Å². The van der Waals surface area contributed by atoms with Crippen LogP contribution in [0, 0.1) is 12.7 Å². The number of methoxy groups -OCH3 is 1. The van der Waals surface area contributed by atoms with Crippen molar-refractivity contribution in [1.29, 1.82) is 0 Å². The van der Waals surface area contributed by atoms with E-state index in [4.69, 9.17) is 16.3 Å². The third-order valence-electron chi connectivity index (χ3n) is 4.18. The average molecular weight is 385 g/mol. The Morgan fingerprint density at radius 1 is 1.07 bits per heavy atom. The van der Waals surface area contributed by atoms with Crippen LogP contribution in [0.25, 0.3) is 11.1 Å². The van der Waals surface area contributed by atoms with E-state index in [2.05, 4.69) is 4.74 Å². The normalized spacial score (nSPS) is 10.5. The van der Waals surface area contributed by atoms with Gasteiger partial charge in [-0.15, -0.1) is 0 Å². The van der Waals surface area contributed by atoms with Crippen molar-refractivity contribution in [3.05, 3.63) is 88.2 Å². The average Bonchev–Trinajstić information content (AvgIpc) is 2.66. The first kappa shape index (κ1) is 18.9. The Hall–Kier alpha value is -2.85. The van der Waals surface area contributed by atoms with Gasteiger partial charge in [0.2, 0.25) is 0 Å². The second-order valence-electron chi connectivity index (χ2n) is 6.08. The van der Waals surface area contributed by atoms with Crippen molar-refractivity contribution < 1.29 is 18.7 Å². The van der Waals surface area contributed by atoms with Crippen molar-refractivity contribution in [2.75, 3.05) is 7.11 Å². The smallest absolute Gasteiger partial charge is 0.340 e. The topological polar surface area (TPSA) is 35.5 Å². The van der Waals surface area contributed by atoms with Gasteiger partial charge in [-0.05, 0) is 59.5 Å². The number of esters is 1. The summed E-state index contributed by atoms with van der Waals surface area (Å²) in [6.45, 7) is 2.29. The lowest BCUT2D eigenvalue weighted by molar-refractivity contribution is 0.0595. The van der Waals surface area contributed by atoms with E-state index in [9.17, 15) is 9.18 Å². The summed E-state index contributed by atoms with van der Waals surface area (Å²) < 4.78 is 24.2. The monoisotopic (exact) mass is 384 g/mol. The van der Waals surface area contributed by atoms with Crippen molar-refractivity contribution in [1.82, 2.24) is 0 Å². The summed E-state index contributed by atoms with van der Waals surface area (Å²) in [4.78, 5) is 11.4. The third-order valence-corrected chi connectivity index (χ3v) is 4.41. The van der Waals surface area contributed by atoms with Crippen LogP contribution in [0.5, 0.6) is 5.75 Å². The molecule has 0 atom stereocenters. The van der Waals surface area contributed by atoms with Crippen molar-refractivity contribution in [3.63, 3.8) is 0 Å². The van der Waals surface area contributed by atoms with Gasteiger partial charge < -0.3 is 9.47 Å². The molecule has 0 radical (unpaired) electrons. The Balaban J connectivity index is 1.75. The molecule has 0 saturated carbocycles. The molecule has 0 aromatic heterocycles. The first-order valence-corrected chi connectivity index (χ1v) is 8.72. The minimum absolute atomic E-state index is 0.120. The lowest BCUT2D eigenvalue weighted by Crippen LogP contribution is -2.05. The van der Waals surface area contributed by atoms with Gasteiger partial charge in [0.25, 0.3) is 0 Å². The van der Waals surface area contributed by atoms with Gasteiger partial charge in [0.15, 0.2) is 0 Å².